The molecular formula is C14H19BrN2S. The maximum absolute atomic E-state index is 5.84. The Balaban J connectivity index is 2.41. The zero-order chi connectivity index (χ0) is 13.3. The average molecular weight is 327 g/mol. The highest BCUT2D eigenvalue weighted by atomic mass is 79.9. The number of piperidine rings is 1. The van der Waals surface area contributed by atoms with Crippen LogP contribution in [0.1, 0.15) is 32.3 Å². The van der Waals surface area contributed by atoms with Gasteiger partial charge >= 0.3 is 0 Å². The van der Waals surface area contributed by atoms with Crippen molar-refractivity contribution in [2.45, 2.75) is 32.7 Å². The van der Waals surface area contributed by atoms with Crippen molar-refractivity contribution in [2.75, 3.05) is 11.4 Å². The number of hydrogen-bond donors (Lipinski definition) is 1. The third kappa shape index (κ3) is 2.86. The molecule has 0 aromatic heterocycles. The van der Waals surface area contributed by atoms with Gasteiger partial charge in [-0.3, -0.25) is 0 Å². The number of nitrogens with zero attached hydrogens (tertiary/aromatic N) is 1. The zero-order valence-corrected chi connectivity index (χ0v) is 13.2. The van der Waals surface area contributed by atoms with Gasteiger partial charge in [0.2, 0.25) is 0 Å². The number of rotatable bonds is 2. The van der Waals surface area contributed by atoms with E-state index in [0.29, 0.717) is 11.0 Å². The molecule has 1 aromatic rings. The molecule has 98 valence electrons. The van der Waals surface area contributed by atoms with E-state index in [9.17, 15) is 0 Å². The van der Waals surface area contributed by atoms with Crippen LogP contribution in [0.5, 0.6) is 0 Å². The van der Waals surface area contributed by atoms with Gasteiger partial charge in [0.15, 0.2) is 0 Å². The SMILES string of the molecule is CC1CCC(C)N(c2cc(Br)ccc2C(N)=S)C1. The van der Waals surface area contributed by atoms with Gasteiger partial charge in [0, 0.05) is 28.3 Å². The monoisotopic (exact) mass is 326 g/mol. The molecule has 0 bridgehead atoms. The molecule has 2 atom stereocenters. The van der Waals surface area contributed by atoms with Crippen LogP contribution in [0, 0.1) is 5.92 Å². The van der Waals surface area contributed by atoms with Gasteiger partial charge in [-0.15, -0.1) is 0 Å². The molecular weight excluding hydrogens is 308 g/mol. The maximum atomic E-state index is 5.84. The third-order valence-corrected chi connectivity index (χ3v) is 4.37. The first-order chi connectivity index (χ1) is 8.49. The second-order valence-corrected chi connectivity index (χ2v) is 6.57. The van der Waals surface area contributed by atoms with Gasteiger partial charge in [-0.25, -0.2) is 0 Å². The molecule has 1 heterocycles. The summed E-state index contributed by atoms with van der Waals surface area (Å²) < 4.78 is 1.07. The molecule has 2 N–H and O–H groups in total. The van der Waals surface area contributed by atoms with Crippen LogP contribution in [-0.2, 0) is 0 Å². The van der Waals surface area contributed by atoms with Gasteiger partial charge in [-0.05, 0) is 43.9 Å². The van der Waals surface area contributed by atoms with Gasteiger partial charge in [0.05, 0.1) is 0 Å². The van der Waals surface area contributed by atoms with E-state index in [-0.39, 0.29) is 0 Å². The van der Waals surface area contributed by atoms with E-state index in [2.05, 4.69) is 40.7 Å². The molecule has 0 saturated carbocycles. The molecule has 1 aromatic carbocycles. The van der Waals surface area contributed by atoms with Crippen LogP contribution in [-0.4, -0.2) is 17.6 Å². The average Bonchev–Trinajstić information content (AvgIpc) is 2.31. The van der Waals surface area contributed by atoms with Crippen LogP contribution < -0.4 is 10.6 Å². The summed E-state index contributed by atoms with van der Waals surface area (Å²) in [6.07, 6.45) is 2.53. The number of halogens is 1. The van der Waals surface area contributed by atoms with Gasteiger partial charge in [-0.1, -0.05) is 35.1 Å². The van der Waals surface area contributed by atoms with Gasteiger partial charge in [-0.2, -0.15) is 0 Å². The number of benzene rings is 1. The van der Waals surface area contributed by atoms with Crippen molar-refractivity contribution in [3.05, 3.63) is 28.2 Å². The fraction of sp³-hybridized carbons (Fsp3) is 0.500. The quantitative estimate of drug-likeness (QED) is 0.840. The first-order valence-corrected chi connectivity index (χ1v) is 7.55. The van der Waals surface area contributed by atoms with Crippen molar-refractivity contribution in [3.8, 4) is 0 Å². The topological polar surface area (TPSA) is 29.3 Å². The van der Waals surface area contributed by atoms with E-state index >= 15 is 0 Å². The van der Waals surface area contributed by atoms with Gasteiger partial charge in [0.25, 0.3) is 0 Å². The predicted octanol–water partition coefficient (Wildman–Crippen LogP) is 3.71. The van der Waals surface area contributed by atoms with Crippen molar-refractivity contribution >= 4 is 38.8 Å². The van der Waals surface area contributed by atoms with Crippen molar-refractivity contribution in [3.63, 3.8) is 0 Å². The maximum Gasteiger partial charge on any atom is 0.106 e. The molecule has 1 aliphatic rings. The number of thiocarbonyl (C=S) groups is 1. The third-order valence-electron chi connectivity index (χ3n) is 3.65. The van der Waals surface area contributed by atoms with E-state index in [4.69, 9.17) is 18.0 Å². The normalized spacial score (nSPS) is 24.1. The van der Waals surface area contributed by atoms with E-state index in [0.717, 1.165) is 28.2 Å². The summed E-state index contributed by atoms with van der Waals surface area (Å²) in [5, 5.41) is 0. The lowest BCUT2D eigenvalue weighted by atomic mass is 9.94. The molecule has 4 heteroatoms. The summed E-state index contributed by atoms with van der Waals surface area (Å²) in [4.78, 5) is 2.91. The van der Waals surface area contributed by atoms with Crippen LogP contribution in [0.15, 0.2) is 22.7 Å². The van der Waals surface area contributed by atoms with Gasteiger partial charge < -0.3 is 10.6 Å². The lowest BCUT2D eigenvalue weighted by molar-refractivity contribution is 0.390. The van der Waals surface area contributed by atoms with E-state index < -0.39 is 0 Å². The van der Waals surface area contributed by atoms with Gasteiger partial charge in [0.1, 0.15) is 4.99 Å². The summed E-state index contributed by atoms with van der Waals surface area (Å²) in [5.41, 5.74) is 7.98. The minimum atomic E-state index is 0.475. The Hall–Kier alpha value is -0.610. The fourth-order valence-corrected chi connectivity index (χ4v) is 3.10. The minimum Gasteiger partial charge on any atom is -0.389 e. The van der Waals surface area contributed by atoms with E-state index in [1.807, 2.05) is 12.1 Å². The summed E-state index contributed by atoms with van der Waals surface area (Å²) in [6.45, 7) is 5.65. The first kappa shape index (κ1) is 13.8. The molecule has 2 rings (SSSR count). The molecule has 2 unspecified atom stereocenters. The number of hydrogen-bond acceptors (Lipinski definition) is 2. The highest BCUT2D eigenvalue weighted by Gasteiger charge is 2.25. The fourth-order valence-electron chi connectivity index (χ4n) is 2.58. The molecule has 0 amide bonds. The molecule has 1 aliphatic heterocycles. The molecule has 0 radical (unpaired) electrons. The van der Waals surface area contributed by atoms with E-state index in [1.165, 1.54) is 12.8 Å². The molecule has 0 spiro atoms. The number of anilines is 1. The standard InChI is InChI=1S/C14H19BrN2S/c1-9-3-4-10(2)17(8-9)13-7-11(15)5-6-12(13)14(16)18/h5-7,9-10H,3-4,8H2,1-2H3,(H2,16,18). The van der Waals surface area contributed by atoms with E-state index in [1.54, 1.807) is 0 Å². The summed E-state index contributed by atoms with van der Waals surface area (Å²) >= 11 is 8.70. The second kappa shape index (κ2) is 5.57. The Morgan fingerprint density at radius 2 is 2.11 bits per heavy atom. The Labute approximate surface area is 123 Å². The highest BCUT2D eigenvalue weighted by Crippen LogP contribution is 2.32. The summed E-state index contributed by atoms with van der Waals surface area (Å²) in [5.74, 6) is 0.722. The Morgan fingerprint density at radius 3 is 2.78 bits per heavy atom. The Bertz CT molecular complexity index is 461. The summed E-state index contributed by atoms with van der Waals surface area (Å²) in [6, 6.07) is 6.68. The lowest BCUT2D eigenvalue weighted by Gasteiger charge is -2.39. The molecule has 1 saturated heterocycles. The molecule has 0 aliphatic carbocycles. The zero-order valence-electron chi connectivity index (χ0n) is 10.8. The minimum absolute atomic E-state index is 0.475. The van der Waals surface area contributed by atoms with Crippen LogP contribution >= 0.6 is 28.1 Å². The van der Waals surface area contributed by atoms with Crippen LogP contribution in [0.2, 0.25) is 0 Å². The van der Waals surface area contributed by atoms with Crippen molar-refractivity contribution in [2.24, 2.45) is 11.7 Å². The lowest BCUT2D eigenvalue weighted by Crippen LogP contribution is -2.42. The smallest absolute Gasteiger partial charge is 0.106 e. The molecule has 1 fully saturated rings. The van der Waals surface area contributed by atoms with Crippen LogP contribution in [0.3, 0.4) is 0 Å². The largest absolute Gasteiger partial charge is 0.389 e. The first-order valence-electron chi connectivity index (χ1n) is 6.35. The van der Waals surface area contributed by atoms with Crippen LogP contribution in [0.4, 0.5) is 5.69 Å². The van der Waals surface area contributed by atoms with Crippen LogP contribution in [0.25, 0.3) is 0 Å². The summed E-state index contributed by atoms with van der Waals surface area (Å²) in [7, 11) is 0. The Morgan fingerprint density at radius 1 is 1.39 bits per heavy atom. The second-order valence-electron chi connectivity index (χ2n) is 5.21. The van der Waals surface area contributed by atoms with Crippen molar-refractivity contribution in [1.82, 2.24) is 0 Å². The van der Waals surface area contributed by atoms with Crippen molar-refractivity contribution < 1.29 is 0 Å². The van der Waals surface area contributed by atoms with Crippen molar-refractivity contribution in [1.29, 1.82) is 0 Å². The molecule has 2 nitrogen and oxygen atoms in total. The molecule has 18 heavy (non-hydrogen) atoms. The Kier molecular flexibility index (Phi) is 4.28. The predicted molar refractivity (Wildman–Crippen MR) is 85.2 cm³/mol. The number of nitrogens with two attached hydrogens (primary N) is 1. The highest BCUT2D eigenvalue weighted by molar-refractivity contribution is 9.10.